The van der Waals surface area contributed by atoms with E-state index in [-0.39, 0.29) is 18.1 Å². The first-order valence-electron chi connectivity index (χ1n) is 7.44. The molecule has 0 saturated carbocycles. The number of nitrogens with two attached hydrogens (primary N) is 1. The van der Waals surface area contributed by atoms with Gasteiger partial charge >= 0.3 is 0 Å². The molecule has 0 aliphatic carbocycles. The van der Waals surface area contributed by atoms with Crippen LogP contribution in [0.5, 0.6) is 5.75 Å². The number of likely N-dealkylation sites (tertiary alicyclic amines) is 1. The average Bonchev–Trinajstić information content (AvgIpc) is 2.90. The largest absolute Gasteiger partial charge is 0.480 e. The molecule has 0 bridgehead atoms. The Hall–Kier alpha value is -1.55. The van der Waals surface area contributed by atoms with Crippen molar-refractivity contribution in [1.29, 1.82) is 0 Å². The van der Waals surface area contributed by atoms with Gasteiger partial charge in [0.2, 0.25) is 0 Å². The molecule has 0 aromatic heterocycles. The number of piperidine rings is 1. The van der Waals surface area contributed by atoms with Crippen molar-refractivity contribution in [3.05, 3.63) is 29.8 Å². The van der Waals surface area contributed by atoms with Gasteiger partial charge in [-0.25, -0.2) is 0 Å². The number of fused-ring (bicyclic) bond motifs is 1. The van der Waals surface area contributed by atoms with Crippen LogP contribution in [-0.4, -0.2) is 36.0 Å². The first-order valence-corrected chi connectivity index (χ1v) is 7.44. The maximum Gasteiger partial charge on any atom is 0.264 e. The molecule has 2 heterocycles. The van der Waals surface area contributed by atoms with Gasteiger partial charge in [0.1, 0.15) is 5.75 Å². The molecular formula is C16H22N2O2. The number of hydrogen-bond acceptors (Lipinski definition) is 3. The summed E-state index contributed by atoms with van der Waals surface area (Å²) in [5.41, 5.74) is 6.97. The first kappa shape index (κ1) is 13.4. The lowest BCUT2D eigenvalue weighted by molar-refractivity contribution is -0.142. The second kappa shape index (κ2) is 5.44. The number of ether oxygens (including phenoxy) is 1. The summed E-state index contributed by atoms with van der Waals surface area (Å²) in [5, 5.41) is 0. The van der Waals surface area contributed by atoms with Crippen LogP contribution in [0.4, 0.5) is 0 Å². The minimum absolute atomic E-state index is 0.101. The SMILES string of the molecule is CC1CCN(C(=O)C2Cc3ccccc3O2)C(CN)C1. The lowest BCUT2D eigenvalue weighted by Crippen LogP contribution is -2.53. The lowest BCUT2D eigenvalue weighted by atomic mass is 9.92. The Morgan fingerprint density at radius 3 is 3.00 bits per heavy atom. The number of para-hydroxylation sites is 1. The van der Waals surface area contributed by atoms with Crippen molar-refractivity contribution in [2.75, 3.05) is 13.1 Å². The van der Waals surface area contributed by atoms with E-state index in [1.165, 1.54) is 0 Å². The molecule has 4 heteroatoms. The monoisotopic (exact) mass is 274 g/mol. The van der Waals surface area contributed by atoms with Gasteiger partial charge in [0, 0.05) is 25.6 Å². The van der Waals surface area contributed by atoms with Gasteiger partial charge in [0.25, 0.3) is 5.91 Å². The minimum Gasteiger partial charge on any atom is -0.480 e. The molecule has 20 heavy (non-hydrogen) atoms. The van der Waals surface area contributed by atoms with E-state index in [9.17, 15) is 4.79 Å². The molecule has 1 aromatic carbocycles. The number of nitrogens with zero attached hydrogens (tertiary/aromatic N) is 1. The van der Waals surface area contributed by atoms with Crippen molar-refractivity contribution >= 4 is 5.91 Å². The zero-order chi connectivity index (χ0) is 14.1. The van der Waals surface area contributed by atoms with Crippen molar-refractivity contribution < 1.29 is 9.53 Å². The molecule has 4 nitrogen and oxygen atoms in total. The second-order valence-corrected chi connectivity index (χ2v) is 5.97. The van der Waals surface area contributed by atoms with Crippen LogP contribution in [0.2, 0.25) is 0 Å². The average molecular weight is 274 g/mol. The predicted molar refractivity (Wildman–Crippen MR) is 77.5 cm³/mol. The number of amides is 1. The third-order valence-corrected chi connectivity index (χ3v) is 4.46. The van der Waals surface area contributed by atoms with Gasteiger partial charge in [-0.1, -0.05) is 25.1 Å². The van der Waals surface area contributed by atoms with Crippen molar-refractivity contribution in [3.8, 4) is 5.75 Å². The molecule has 3 rings (SSSR count). The van der Waals surface area contributed by atoms with Crippen molar-refractivity contribution in [2.45, 2.75) is 38.3 Å². The van der Waals surface area contributed by atoms with Crippen LogP contribution in [0.15, 0.2) is 24.3 Å². The maximum atomic E-state index is 12.7. The van der Waals surface area contributed by atoms with Crippen LogP contribution in [0.3, 0.4) is 0 Å². The third kappa shape index (κ3) is 2.40. The predicted octanol–water partition coefficient (Wildman–Crippen LogP) is 1.58. The highest BCUT2D eigenvalue weighted by Gasteiger charge is 2.36. The summed E-state index contributed by atoms with van der Waals surface area (Å²) in [4.78, 5) is 14.6. The fourth-order valence-electron chi connectivity index (χ4n) is 3.27. The zero-order valence-electron chi connectivity index (χ0n) is 11.9. The standard InChI is InChI=1S/C16H22N2O2/c1-11-6-7-18(13(8-11)10-17)16(19)15-9-12-4-2-3-5-14(12)20-15/h2-5,11,13,15H,6-10,17H2,1H3. The Bertz CT molecular complexity index is 478. The van der Waals surface area contributed by atoms with E-state index in [1.54, 1.807) is 0 Å². The summed E-state index contributed by atoms with van der Waals surface area (Å²) >= 11 is 0. The van der Waals surface area contributed by atoms with E-state index in [1.807, 2.05) is 29.2 Å². The summed E-state index contributed by atoms with van der Waals surface area (Å²) in [7, 11) is 0. The van der Waals surface area contributed by atoms with E-state index in [0.717, 1.165) is 30.7 Å². The molecule has 2 aliphatic rings. The Kier molecular flexibility index (Phi) is 3.66. The molecule has 3 unspecified atom stereocenters. The highest BCUT2D eigenvalue weighted by Crippen LogP contribution is 2.30. The van der Waals surface area contributed by atoms with Crippen LogP contribution in [0, 0.1) is 5.92 Å². The van der Waals surface area contributed by atoms with Crippen LogP contribution >= 0.6 is 0 Å². The Morgan fingerprint density at radius 1 is 1.45 bits per heavy atom. The number of carbonyl (C=O) groups is 1. The van der Waals surface area contributed by atoms with Gasteiger partial charge in [0.15, 0.2) is 6.10 Å². The molecule has 108 valence electrons. The van der Waals surface area contributed by atoms with Crippen molar-refractivity contribution in [2.24, 2.45) is 11.7 Å². The van der Waals surface area contributed by atoms with Crippen LogP contribution in [0.1, 0.15) is 25.3 Å². The molecule has 1 amide bonds. The van der Waals surface area contributed by atoms with E-state index in [0.29, 0.717) is 18.9 Å². The van der Waals surface area contributed by atoms with Gasteiger partial charge in [-0.2, -0.15) is 0 Å². The number of rotatable bonds is 2. The highest BCUT2D eigenvalue weighted by atomic mass is 16.5. The molecule has 0 spiro atoms. The maximum absolute atomic E-state index is 12.7. The van der Waals surface area contributed by atoms with Crippen LogP contribution in [0.25, 0.3) is 0 Å². The minimum atomic E-state index is -0.366. The van der Waals surface area contributed by atoms with E-state index in [2.05, 4.69) is 6.92 Å². The van der Waals surface area contributed by atoms with Crippen LogP contribution < -0.4 is 10.5 Å². The fourth-order valence-corrected chi connectivity index (χ4v) is 3.27. The van der Waals surface area contributed by atoms with Gasteiger partial charge in [0.05, 0.1) is 0 Å². The third-order valence-electron chi connectivity index (χ3n) is 4.46. The number of benzene rings is 1. The van der Waals surface area contributed by atoms with Gasteiger partial charge < -0.3 is 15.4 Å². The van der Waals surface area contributed by atoms with Gasteiger partial charge in [-0.3, -0.25) is 4.79 Å². The molecule has 1 aromatic rings. The molecule has 3 atom stereocenters. The summed E-state index contributed by atoms with van der Waals surface area (Å²) in [5.74, 6) is 1.60. The summed E-state index contributed by atoms with van der Waals surface area (Å²) in [6, 6.07) is 8.05. The normalized spacial score (nSPS) is 28.9. The molecule has 0 radical (unpaired) electrons. The van der Waals surface area contributed by atoms with Gasteiger partial charge in [-0.05, 0) is 30.4 Å². The summed E-state index contributed by atoms with van der Waals surface area (Å²) in [6.07, 6.45) is 2.37. The lowest BCUT2D eigenvalue weighted by Gasteiger charge is -2.39. The summed E-state index contributed by atoms with van der Waals surface area (Å²) < 4.78 is 5.81. The Balaban J connectivity index is 1.71. The van der Waals surface area contributed by atoms with E-state index < -0.39 is 0 Å². The van der Waals surface area contributed by atoms with Crippen molar-refractivity contribution in [3.63, 3.8) is 0 Å². The summed E-state index contributed by atoms with van der Waals surface area (Å²) in [6.45, 7) is 3.57. The van der Waals surface area contributed by atoms with Crippen molar-refractivity contribution in [1.82, 2.24) is 4.90 Å². The van der Waals surface area contributed by atoms with Gasteiger partial charge in [-0.15, -0.1) is 0 Å². The Morgan fingerprint density at radius 2 is 2.25 bits per heavy atom. The smallest absolute Gasteiger partial charge is 0.264 e. The van der Waals surface area contributed by atoms with E-state index >= 15 is 0 Å². The molecule has 2 aliphatic heterocycles. The zero-order valence-corrected chi connectivity index (χ0v) is 11.9. The topological polar surface area (TPSA) is 55.6 Å². The second-order valence-electron chi connectivity index (χ2n) is 5.97. The first-order chi connectivity index (χ1) is 9.69. The Labute approximate surface area is 119 Å². The molecule has 2 N–H and O–H groups in total. The fraction of sp³-hybridized carbons (Fsp3) is 0.562. The molecular weight excluding hydrogens is 252 g/mol. The molecule has 1 saturated heterocycles. The quantitative estimate of drug-likeness (QED) is 0.890. The number of carbonyl (C=O) groups excluding carboxylic acids is 1. The number of hydrogen-bond donors (Lipinski definition) is 1. The van der Waals surface area contributed by atoms with Crippen LogP contribution in [-0.2, 0) is 11.2 Å². The molecule has 1 fully saturated rings. The van der Waals surface area contributed by atoms with E-state index in [4.69, 9.17) is 10.5 Å². The highest BCUT2D eigenvalue weighted by molar-refractivity contribution is 5.83.